The Balaban J connectivity index is 1.60. The lowest BCUT2D eigenvalue weighted by Crippen LogP contribution is -2.09. The number of phenolic OH excluding ortho intramolecular Hbond substituents is 1. The van der Waals surface area contributed by atoms with E-state index in [0.717, 1.165) is 42.9 Å². The topological polar surface area (TPSA) is 53.9 Å². The van der Waals surface area contributed by atoms with E-state index in [2.05, 4.69) is 29.6 Å². The zero-order chi connectivity index (χ0) is 16.1. The summed E-state index contributed by atoms with van der Waals surface area (Å²) in [6.45, 7) is 2.93. The molecular formula is C19H22N2O2. The van der Waals surface area contributed by atoms with Crippen LogP contribution in [-0.4, -0.2) is 17.4 Å². The van der Waals surface area contributed by atoms with E-state index in [4.69, 9.17) is 4.74 Å². The van der Waals surface area contributed by atoms with E-state index in [0.29, 0.717) is 0 Å². The fourth-order valence-electron chi connectivity index (χ4n) is 2.60. The van der Waals surface area contributed by atoms with Crippen LogP contribution in [0.2, 0.25) is 0 Å². The van der Waals surface area contributed by atoms with Crippen LogP contribution >= 0.6 is 0 Å². The Morgan fingerprint density at radius 3 is 2.57 bits per heavy atom. The van der Waals surface area contributed by atoms with E-state index in [1.165, 1.54) is 5.56 Å². The van der Waals surface area contributed by atoms with Crippen molar-refractivity contribution in [3.05, 3.63) is 59.7 Å². The Morgan fingerprint density at radius 2 is 1.87 bits per heavy atom. The first kappa shape index (κ1) is 15.4. The number of nitrogens with one attached hydrogen (secondary N) is 1. The third-order valence-corrected chi connectivity index (χ3v) is 4.00. The van der Waals surface area contributed by atoms with Gasteiger partial charge in [-0.2, -0.15) is 5.10 Å². The highest BCUT2D eigenvalue weighted by molar-refractivity contribution is 6.01. The molecule has 0 amide bonds. The summed E-state index contributed by atoms with van der Waals surface area (Å²) in [7, 11) is 0. The lowest BCUT2D eigenvalue weighted by atomic mass is 9.99. The summed E-state index contributed by atoms with van der Waals surface area (Å²) in [4.78, 5) is 0. The van der Waals surface area contributed by atoms with Crippen molar-refractivity contribution in [1.82, 2.24) is 5.43 Å². The molecular weight excluding hydrogens is 288 g/mol. The molecule has 0 fully saturated rings. The molecule has 0 radical (unpaired) electrons. The molecule has 4 heteroatoms. The van der Waals surface area contributed by atoms with E-state index < -0.39 is 0 Å². The van der Waals surface area contributed by atoms with Crippen molar-refractivity contribution in [2.45, 2.75) is 32.2 Å². The van der Waals surface area contributed by atoms with Gasteiger partial charge in [-0.05, 0) is 53.9 Å². The van der Waals surface area contributed by atoms with Gasteiger partial charge in [-0.1, -0.05) is 25.5 Å². The van der Waals surface area contributed by atoms with Crippen molar-refractivity contribution in [3.8, 4) is 11.5 Å². The van der Waals surface area contributed by atoms with E-state index in [9.17, 15) is 5.11 Å². The second kappa shape index (κ2) is 7.18. The molecule has 0 aliphatic carbocycles. The maximum atomic E-state index is 9.37. The molecule has 1 unspecified atom stereocenters. The Labute approximate surface area is 136 Å². The third kappa shape index (κ3) is 3.83. The third-order valence-electron chi connectivity index (χ3n) is 4.00. The fourth-order valence-corrected chi connectivity index (χ4v) is 2.60. The molecule has 120 valence electrons. The average molecular weight is 310 g/mol. The van der Waals surface area contributed by atoms with Crippen LogP contribution in [0, 0.1) is 0 Å². The first-order chi connectivity index (χ1) is 11.3. The normalized spacial score (nSPS) is 16.7. The van der Waals surface area contributed by atoms with Crippen molar-refractivity contribution in [1.29, 1.82) is 0 Å². The zero-order valence-electron chi connectivity index (χ0n) is 13.3. The SMILES string of the molecule is CCCCOc1ccc(C2CC(c3ccc(O)cc3)=NN2)cc1. The van der Waals surface area contributed by atoms with Crippen LogP contribution < -0.4 is 10.2 Å². The van der Waals surface area contributed by atoms with Crippen LogP contribution in [0.15, 0.2) is 53.6 Å². The number of hydrogen-bond acceptors (Lipinski definition) is 4. The Bertz CT molecular complexity index is 663. The molecule has 3 rings (SSSR count). The van der Waals surface area contributed by atoms with Gasteiger partial charge in [0.25, 0.3) is 0 Å². The summed E-state index contributed by atoms with van der Waals surface area (Å²) in [5.74, 6) is 1.19. The number of ether oxygens (including phenoxy) is 1. The minimum Gasteiger partial charge on any atom is -0.508 e. The van der Waals surface area contributed by atoms with Crippen molar-refractivity contribution < 1.29 is 9.84 Å². The minimum absolute atomic E-state index is 0.184. The van der Waals surface area contributed by atoms with Gasteiger partial charge in [0.1, 0.15) is 11.5 Å². The van der Waals surface area contributed by atoms with Gasteiger partial charge in [0.05, 0.1) is 18.4 Å². The molecule has 1 atom stereocenters. The number of aromatic hydroxyl groups is 1. The van der Waals surface area contributed by atoms with Crippen LogP contribution in [0.3, 0.4) is 0 Å². The minimum atomic E-state index is 0.184. The molecule has 4 nitrogen and oxygen atoms in total. The van der Waals surface area contributed by atoms with Gasteiger partial charge < -0.3 is 15.3 Å². The predicted molar refractivity (Wildman–Crippen MR) is 92.0 cm³/mol. The van der Waals surface area contributed by atoms with Gasteiger partial charge in [0, 0.05) is 6.42 Å². The zero-order valence-corrected chi connectivity index (χ0v) is 13.3. The van der Waals surface area contributed by atoms with Crippen molar-refractivity contribution in [2.24, 2.45) is 5.10 Å². The molecule has 2 aromatic rings. The van der Waals surface area contributed by atoms with E-state index >= 15 is 0 Å². The van der Waals surface area contributed by atoms with Crippen LogP contribution in [0.1, 0.15) is 43.4 Å². The van der Waals surface area contributed by atoms with E-state index in [1.54, 1.807) is 12.1 Å². The first-order valence-corrected chi connectivity index (χ1v) is 8.10. The van der Waals surface area contributed by atoms with Crippen molar-refractivity contribution in [3.63, 3.8) is 0 Å². The van der Waals surface area contributed by atoms with Crippen LogP contribution in [0.25, 0.3) is 0 Å². The van der Waals surface area contributed by atoms with Crippen LogP contribution in [0.4, 0.5) is 0 Å². The number of benzene rings is 2. The summed E-state index contributed by atoms with van der Waals surface area (Å²) in [5, 5.41) is 13.8. The lowest BCUT2D eigenvalue weighted by molar-refractivity contribution is 0.309. The quantitative estimate of drug-likeness (QED) is 0.793. The number of hydrogen-bond donors (Lipinski definition) is 2. The molecule has 23 heavy (non-hydrogen) atoms. The summed E-state index contributed by atoms with van der Waals surface area (Å²) < 4.78 is 5.69. The number of hydrazone groups is 1. The molecule has 2 N–H and O–H groups in total. The fraction of sp³-hybridized carbons (Fsp3) is 0.316. The molecule has 0 saturated heterocycles. The van der Waals surface area contributed by atoms with Gasteiger partial charge in [-0.15, -0.1) is 0 Å². The van der Waals surface area contributed by atoms with Crippen molar-refractivity contribution >= 4 is 5.71 Å². The molecule has 2 aromatic carbocycles. The molecule has 0 aromatic heterocycles. The first-order valence-electron chi connectivity index (χ1n) is 8.10. The van der Waals surface area contributed by atoms with Gasteiger partial charge in [0.15, 0.2) is 0 Å². The highest BCUT2D eigenvalue weighted by Crippen LogP contribution is 2.26. The highest BCUT2D eigenvalue weighted by atomic mass is 16.5. The molecule has 1 heterocycles. The number of phenols is 1. The molecule has 1 aliphatic heterocycles. The number of nitrogens with zero attached hydrogens (tertiary/aromatic N) is 1. The largest absolute Gasteiger partial charge is 0.508 e. The molecule has 0 bridgehead atoms. The van der Waals surface area contributed by atoms with E-state index in [-0.39, 0.29) is 11.8 Å². The lowest BCUT2D eigenvalue weighted by Gasteiger charge is -2.11. The molecule has 1 aliphatic rings. The Kier molecular flexibility index (Phi) is 4.81. The van der Waals surface area contributed by atoms with Gasteiger partial charge in [-0.3, -0.25) is 0 Å². The summed E-state index contributed by atoms with van der Waals surface area (Å²) in [6, 6.07) is 15.6. The van der Waals surface area contributed by atoms with Gasteiger partial charge in [-0.25, -0.2) is 0 Å². The number of rotatable bonds is 6. The summed E-state index contributed by atoms with van der Waals surface area (Å²) in [5.41, 5.74) is 6.44. The number of unbranched alkanes of at least 4 members (excludes halogenated alkanes) is 1. The predicted octanol–water partition coefficient (Wildman–Crippen LogP) is 4.01. The second-order valence-corrected chi connectivity index (χ2v) is 5.76. The van der Waals surface area contributed by atoms with Gasteiger partial charge in [0.2, 0.25) is 0 Å². The van der Waals surface area contributed by atoms with Crippen molar-refractivity contribution in [2.75, 3.05) is 6.61 Å². The average Bonchev–Trinajstić information content (AvgIpc) is 3.06. The Hall–Kier alpha value is -2.49. The second-order valence-electron chi connectivity index (χ2n) is 5.76. The van der Waals surface area contributed by atoms with Crippen LogP contribution in [0.5, 0.6) is 11.5 Å². The van der Waals surface area contributed by atoms with E-state index in [1.807, 2.05) is 24.3 Å². The highest BCUT2D eigenvalue weighted by Gasteiger charge is 2.21. The maximum absolute atomic E-state index is 9.37. The van der Waals surface area contributed by atoms with Gasteiger partial charge >= 0.3 is 0 Å². The monoisotopic (exact) mass is 310 g/mol. The smallest absolute Gasteiger partial charge is 0.119 e. The molecule has 0 saturated carbocycles. The standard InChI is InChI=1S/C19H22N2O2/c1-2-3-12-23-17-10-6-15(7-11-17)19-13-18(20-21-19)14-4-8-16(22)9-5-14/h4-11,19,21-22H,2-3,12-13H2,1H3. The Morgan fingerprint density at radius 1 is 1.13 bits per heavy atom. The van der Waals surface area contributed by atoms with Crippen LogP contribution in [-0.2, 0) is 0 Å². The molecule has 0 spiro atoms. The summed E-state index contributed by atoms with van der Waals surface area (Å²) in [6.07, 6.45) is 3.05. The summed E-state index contributed by atoms with van der Waals surface area (Å²) >= 11 is 0. The maximum Gasteiger partial charge on any atom is 0.119 e.